The first kappa shape index (κ1) is 23.5. The van der Waals surface area contributed by atoms with Crippen LogP contribution in [-0.4, -0.2) is 41.3 Å². The van der Waals surface area contributed by atoms with E-state index in [1.807, 2.05) is 18.8 Å². The third-order valence-corrected chi connectivity index (χ3v) is 4.71. The van der Waals surface area contributed by atoms with Gasteiger partial charge in [-0.3, -0.25) is 9.67 Å². The predicted molar refractivity (Wildman–Crippen MR) is 125 cm³/mol. The third-order valence-electron chi connectivity index (χ3n) is 4.71. The van der Waals surface area contributed by atoms with Crippen LogP contribution in [0.25, 0.3) is 0 Å². The van der Waals surface area contributed by atoms with Crippen molar-refractivity contribution in [3.8, 4) is 0 Å². The molecule has 0 saturated carbocycles. The lowest BCUT2D eigenvalue weighted by molar-refractivity contribution is 0.447. The number of halogens is 1. The van der Waals surface area contributed by atoms with Gasteiger partial charge in [-0.2, -0.15) is 5.10 Å². The average molecular weight is 483 g/mol. The van der Waals surface area contributed by atoms with E-state index in [2.05, 4.69) is 91.6 Å². The highest BCUT2D eigenvalue weighted by Crippen LogP contribution is 2.22. The Hall–Kier alpha value is -1.57. The van der Waals surface area contributed by atoms with E-state index < -0.39 is 0 Å². The number of benzene rings is 1. The normalized spacial score (nSPS) is 12.1. The summed E-state index contributed by atoms with van der Waals surface area (Å²) < 4.78 is 1.90. The molecule has 2 rings (SSSR count). The molecule has 0 aliphatic carbocycles. The van der Waals surface area contributed by atoms with Gasteiger partial charge in [0.1, 0.15) is 0 Å². The topological polar surface area (TPSA) is 45.5 Å². The van der Waals surface area contributed by atoms with Crippen LogP contribution >= 0.6 is 24.0 Å². The van der Waals surface area contributed by atoms with Gasteiger partial charge in [0.05, 0.1) is 5.69 Å². The molecule has 1 aromatic heterocycles. The number of nitrogens with one attached hydrogen (secondary N) is 1. The molecule has 150 valence electrons. The second kappa shape index (κ2) is 10.1. The minimum absolute atomic E-state index is 0. The quantitative estimate of drug-likeness (QED) is 0.382. The Kier molecular flexibility index (Phi) is 8.78. The predicted octanol–water partition coefficient (Wildman–Crippen LogP) is 4.15. The molecule has 0 atom stereocenters. The number of hydrogen-bond acceptors (Lipinski definition) is 2. The minimum Gasteiger partial charge on any atom is -0.355 e. The fourth-order valence-electron chi connectivity index (χ4n) is 3.17. The standard InChI is InChI=1S/C21H33N5.HI/c1-16(2)19-17(14-26(7)24-19)13-25(6)20(22-5)23-15-21(3,4)18-11-9-8-10-12-18;/h8-12,14,16H,13,15H2,1-7H3,(H,22,23);1H. The highest BCUT2D eigenvalue weighted by Gasteiger charge is 2.22. The number of nitrogens with zero attached hydrogens (tertiary/aromatic N) is 4. The van der Waals surface area contributed by atoms with E-state index >= 15 is 0 Å². The van der Waals surface area contributed by atoms with Gasteiger partial charge in [-0.05, 0) is 11.5 Å². The number of hydrogen-bond donors (Lipinski definition) is 1. The molecular formula is C21H34IN5. The highest BCUT2D eigenvalue weighted by atomic mass is 127. The lowest BCUT2D eigenvalue weighted by atomic mass is 9.85. The lowest BCUT2D eigenvalue weighted by Gasteiger charge is -2.29. The minimum atomic E-state index is 0. The average Bonchev–Trinajstić information content (AvgIpc) is 2.96. The van der Waals surface area contributed by atoms with Gasteiger partial charge < -0.3 is 10.2 Å². The number of aryl methyl sites for hydroxylation is 1. The van der Waals surface area contributed by atoms with Crippen molar-refractivity contribution in [2.24, 2.45) is 12.0 Å². The van der Waals surface area contributed by atoms with Crippen molar-refractivity contribution in [3.63, 3.8) is 0 Å². The molecule has 1 N–H and O–H groups in total. The molecule has 0 saturated heterocycles. The maximum Gasteiger partial charge on any atom is 0.193 e. The van der Waals surface area contributed by atoms with Crippen molar-refractivity contribution < 1.29 is 0 Å². The molecule has 0 radical (unpaired) electrons. The van der Waals surface area contributed by atoms with Gasteiger partial charge in [-0.25, -0.2) is 0 Å². The summed E-state index contributed by atoms with van der Waals surface area (Å²) in [6.07, 6.45) is 2.10. The molecule has 6 heteroatoms. The molecule has 0 aliphatic heterocycles. The van der Waals surface area contributed by atoms with Crippen LogP contribution in [0.15, 0.2) is 41.5 Å². The molecule has 0 fully saturated rings. The van der Waals surface area contributed by atoms with E-state index in [0.717, 1.165) is 24.7 Å². The Balaban J connectivity index is 0.00000364. The molecule has 0 amide bonds. The summed E-state index contributed by atoms with van der Waals surface area (Å²) in [5.41, 5.74) is 3.74. The summed E-state index contributed by atoms with van der Waals surface area (Å²) in [5, 5.41) is 8.14. The largest absolute Gasteiger partial charge is 0.355 e. The Labute approximate surface area is 181 Å². The smallest absolute Gasteiger partial charge is 0.193 e. The van der Waals surface area contributed by atoms with E-state index in [9.17, 15) is 0 Å². The summed E-state index contributed by atoms with van der Waals surface area (Å²) in [4.78, 5) is 6.62. The van der Waals surface area contributed by atoms with Gasteiger partial charge in [0.15, 0.2) is 5.96 Å². The molecule has 0 aliphatic rings. The van der Waals surface area contributed by atoms with Crippen LogP contribution in [0.2, 0.25) is 0 Å². The second-order valence-corrected chi connectivity index (χ2v) is 7.87. The summed E-state index contributed by atoms with van der Waals surface area (Å²) in [6.45, 7) is 10.5. The SMILES string of the molecule is CN=C(NCC(C)(C)c1ccccc1)N(C)Cc1cn(C)nc1C(C)C.I. The molecule has 5 nitrogen and oxygen atoms in total. The first-order valence-electron chi connectivity index (χ1n) is 9.24. The van der Waals surface area contributed by atoms with E-state index in [1.165, 1.54) is 11.1 Å². The van der Waals surface area contributed by atoms with E-state index in [-0.39, 0.29) is 29.4 Å². The maximum absolute atomic E-state index is 4.60. The van der Waals surface area contributed by atoms with E-state index in [0.29, 0.717) is 5.92 Å². The Morgan fingerprint density at radius 1 is 1.26 bits per heavy atom. The Morgan fingerprint density at radius 3 is 2.44 bits per heavy atom. The van der Waals surface area contributed by atoms with Crippen molar-refractivity contribution >= 4 is 29.9 Å². The van der Waals surface area contributed by atoms with Crippen molar-refractivity contribution in [2.45, 2.75) is 45.6 Å². The molecule has 2 aromatic rings. The van der Waals surface area contributed by atoms with Gasteiger partial charge in [0.2, 0.25) is 0 Å². The van der Waals surface area contributed by atoms with Crippen molar-refractivity contribution in [3.05, 3.63) is 53.3 Å². The van der Waals surface area contributed by atoms with Crippen LogP contribution in [0, 0.1) is 0 Å². The summed E-state index contributed by atoms with van der Waals surface area (Å²) >= 11 is 0. The van der Waals surface area contributed by atoms with Gasteiger partial charge in [0.25, 0.3) is 0 Å². The van der Waals surface area contributed by atoms with Crippen molar-refractivity contribution in [2.75, 3.05) is 20.6 Å². The van der Waals surface area contributed by atoms with Gasteiger partial charge >= 0.3 is 0 Å². The van der Waals surface area contributed by atoms with Gasteiger partial charge in [0, 0.05) is 51.4 Å². The number of guanidine groups is 1. The third kappa shape index (κ3) is 6.23. The summed E-state index contributed by atoms with van der Waals surface area (Å²) in [5.74, 6) is 1.30. The Bertz CT molecular complexity index is 734. The van der Waals surface area contributed by atoms with Crippen LogP contribution in [0.4, 0.5) is 0 Å². The van der Waals surface area contributed by atoms with Gasteiger partial charge in [-0.1, -0.05) is 58.0 Å². The maximum atomic E-state index is 4.60. The van der Waals surface area contributed by atoms with Crippen LogP contribution in [0.3, 0.4) is 0 Å². The lowest BCUT2D eigenvalue weighted by Crippen LogP contribution is -2.44. The zero-order valence-electron chi connectivity index (χ0n) is 17.7. The number of rotatable bonds is 6. The second-order valence-electron chi connectivity index (χ2n) is 7.87. The van der Waals surface area contributed by atoms with E-state index in [1.54, 1.807) is 0 Å². The molecular weight excluding hydrogens is 449 g/mol. The fourth-order valence-corrected chi connectivity index (χ4v) is 3.17. The molecule has 0 unspecified atom stereocenters. The zero-order valence-corrected chi connectivity index (χ0v) is 20.0. The summed E-state index contributed by atoms with van der Waals surface area (Å²) in [7, 11) is 5.88. The monoisotopic (exact) mass is 483 g/mol. The zero-order chi connectivity index (χ0) is 19.3. The molecule has 1 heterocycles. The van der Waals surface area contributed by atoms with Crippen LogP contribution < -0.4 is 5.32 Å². The first-order valence-corrected chi connectivity index (χ1v) is 9.24. The fraction of sp³-hybridized carbons (Fsp3) is 0.524. The molecule has 1 aromatic carbocycles. The van der Waals surface area contributed by atoms with Crippen LogP contribution in [-0.2, 0) is 19.0 Å². The Morgan fingerprint density at radius 2 is 1.89 bits per heavy atom. The van der Waals surface area contributed by atoms with E-state index in [4.69, 9.17) is 0 Å². The van der Waals surface area contributed by atoms with Crippen LogP contribution in [0.5, 0.6) is 0 Å². The molecule has 27 heavy (non-hydrogen) atoms. The number of aliphatic imine (C=N–C) groups is 1. The van der Waals surface area contributed by atoms with Crippen molar-refractivity contribution in [1.29, 1.82) is 0 Å². The summed E-state index contributed by atoms with van der Waals surface area (Å²) in [6, 6.07) is 10.6. The van der Waals surface area contributed by atoms with Gasteiger partial charge in [-0.15, -0.1) is 24.0 Å². The molecule has 0 bridgehead atoms. The first-order chi connectivity index (χ1) is 12.2. The van der Waals surface area contributed by atoms with Crippen LogP contribution in [0.1, 0.15) is 50.4 Å². The van der Waals surface area contributed by atoms with Crippen molar-refractivity contribution in [1.82, 2.24) is 20.0 Å². The highest BCUT2D eigenvalue weighted by molar-refractivity contribution is 14.0. The molecule has 0 spiro atoms. The number of aromatic nitrogens is 2.